The van der Waals surface area contributed by atoms with Crippen LogP contribution in [0.25, 0.3) is 0 Å². The number of nitrogens with zero attached hydrogens (tertiary/aromatic N) is 1. The third-order valence-corrected chi connectivity index (χ3v) is 2.42. The molecule has 5 nitrogen and oxygen atoms in total. The maximum Gasteiger partial charge on any atom is 0.217 e. The maximum absolute atomic E-state index is 10.9. The van der Waals surface area contributed by atoms with Gasteiger partial charge in [-0.2, -0.15) is 5.26 Å². The highest BCUT2D eigenvalue weighted by Crippen LogP contribution is 2.27. The number of nitriles is 1. The van der Waals surface area contributed by atoms with E-state index >= 15 is 0 Å². The molecule has 1 aromatic carbocycles. The molecule has 0 heterocycles. The van der Waals surface area contributed by atoms with Gasteiger partial charge in [0.25, 0.3) is 0 Å². The topological polar surface area (TPSA) is 71.3 Å². The third kappa shape index (κ3) is 3.67. The molecule has 1 aromatic rings. The lowest BCUT2D eigenvalue weighted by Gasteiger charge is -2.12. The highest BCUT2D eigenvalue weighted by molar-refractivity contribution is 5.73. The summed E-state index contributed by atoms with van der Waals surface area (Å²) < 4.78 is 10.3. The largest absolute Gasteiger partial charge is 0.493 e. The molecule has 0 bridgehead atoms. The fraction of sp³-hybridized carbons (Fsp3) is 0.385. The Kier molecular flexibility index (Phi) is 5.00. The Morgan fingerprint density at radius 3 is 2.56 bits per heavy atom. The number of rotatable bonds is 5. The molecule has 0 saturated carbocycles. The molecule has 18 heavy (non-hydrogen) atoms. The van der Waals surface area contributed by atoms with E-state index in [2.05, 4.69) is 5.32 Å². The number of methoxy groups -OCH3 is 2. The first-order valence-corrected chi connectivity index (χ1v) is 5.48. The van der Waals surface area contributed by atoms with Crippen molar-refractivity contribution >= 4 is 5.91 Å². The van der Waals surface area contributed by atoms with Crippen molar-refractivity contribution in [2.24, 2.45) is 0 Å². The SMILES string of the molecule is COc1ccc(CC(C#N)NC(C)=O)cc1OC. The molecule has 0 fully saturated rings. The zero-order valence-electron chi connectivity index (χ0n) is 10.7. The highest BCUT2D eigenvalue weighted by Gasteiger charge is 2.11. The van der Waals surface area contributed by atoms with Crippen LogP contribution < -0.4 is 14.8 Å². The fourth-order valence-electron chi connectivity index (χ4n) is 1.62. The van der Waals surface area contributed by atoms with Gasteiger partial charge in [0.15, 0.2) is 11.5 Å². The molecule has 5 heteroatoms. The van der Waals surface area contributed by atoms with Crippen LogP contribution in [0.2, 0.25) is 0 Å². The van der Waals surface area contributed by atoms with Crippen LogP contribution in [0.15, 0.2) is 18.2 Å². The van der Waals surface area contributed by atoms with E-state index < -0.39 is 6.04 Å². The first kappa shape index (κ1) is 13.8. The number of carbonyl (C=O) groups is 1. The van der Waals surface area contributed by atoms with Crippen molar-refractivity contribution in [3.63, 3.8) is 0 Å². The molecule has 1 rings (SSSR count). The zero-order valence-corrected chi connectivity index (χ0v) is 10.7. The van der Waals surface area contributed by atoms with Crippen molar-refractivity contribution in [3.8, 4) is 17.6 Å². The summed E-state index contributed by atoms with van der Waals surface area (Å²) in [7, 11) is 3.12. The minimum Gasteiger partial charge on any atom is -0.493 e. The molecule has 0 saturated heterocycles. The predicted octanol–water partition coefficient (Wildman–Crippen LogP) is 1.27. The van der Waals surface area contributed by atoms with Crippen LogP contribution in [0.1, 0.15) is 12.5 Å². The van der Waals surface area contributed by atoms with Gasteiger partial charge in [-0.3, -0.25) is 4.79 Å². The Balaban J connectivity index is 2.84. The Hall–Kier alpha value is -2.22. The van der Waals surface area contributed by atoms with Crippen molar-refractivity contribution in [3.05, 3.63) is 23.8 Å². The van der Waals surface area contributed by atoms with Crippen LogP contribution in [-0.4, -0.2) is 26.2 Å². The first-order chi connectivity index (χ1) is 8.60. The lowest BCUT2D eigenvalue weighted by Crippen LogP contribution is -2.33. The number of carbonyl (C=O) groups excluding carboxylic acids is 1. The van der Waals surface area contributed by atoms with E-state index in [1.54, 1.807) is 26.4 Å². The first-order valence-electron chi connectivity index (χ1n) is 5.48. The number of benzene rings is 1. The summed E-state index contributed by atoms with van der Waals surface area (Å²) in [5, 5.41) is 11.5. The van der Waals surface area contributed by atoms with E-state index in [9.17, 15) is 4.79 Å². The standard InChI is InChI=1S/C13H16N2O3/c1-9(16)15-11(8-14)6-10-4-5-12(17-2)13(7-10)18-3/h4-5,7,11H,6H2,1-3H3,(H,15,16). The van der Waals surface area contributed by atoms with Gasteiger partial charge in [-0.1, -0.05) is 6.07 Å². The van der Waals surface area contributed by atoms with E-state index in [0.29, 0.717) is 17.9 Å². The molecule has 1 atom stereocenters. The molecular weight excluding hydrogens is 232 g/mol. The molecular formula is C13H16N2O3. The number of hydrogen-bond acceptors (Lipinski definition) is 4. The Labute approximate surface area is 106 Å². The molecule has 0 spiro atoms. The summed E-state index contributed by atoms with van der Waals surface area (Å²) in [5.74, 6) is 1.02. The van der Waals surface area contributed by atoms with Gasteiger partial charge in [0.05, 0.1) is 20.3 Å². The quantitative estimate of drug-likeness (QED) is 0.852. The van der Waals surface area contributed by atoms with Gasteiger partial charge in [0, 0.05) is 13.3 Å². The monoisotopic (exact) mass is 248 g/mol. The van der Waals surface area contributed by atoms with Crippen molar-refractivity contribution in [1.29, 1.82) is 5.26 Å². The second-order valence-corrected chi connectivity index (χ2v) is 3.78. The van der Waals surface area contributed by atoms with Crippen LogP contribution in [0.4, 0.5) is 0 Å². The Morgan fingerprint density at radius 1 is 1.39 bits per heavy atom. The van der Waals surface area contributed by atoms with Gasteiger partial charge >= 0.3 is 0 Å². The number of nitrogens with one attached hydrogen (secondary N) is 1. The lowest BCUT2D eigenvalue weighted by atomic mass is 10.1. The summed E-state index contributed by atoms with van der Waals surface area (Å²) in [6.45, 7) is 1.39. The zero-order chi connectivity index (χ0) is 13.5. The van der Waals surface area contributed by atoms with E-state index in [1.165, 1.54) is 6.92 Å². The minimum absolute atomic E-state index is 0.220. The van der Waals surface area contributed by atoms with Crippen LogP contribution in [0, 0.1) is 11.3 Å². The number of ether oxygens (including phenoxy) is 2. The maximum atomic E-state index is 10.9. The molecule has 1 amide bonds. The summed E-state index contributed by atoms with van der Waals surface area (Å²) >= 11 is 0. The second kappa shape index (κ2) is 6.50. The summed E-state index contributed by atoms with van der Waals surface area (Å²) in [4.78, 5) is 10.9. The number of amides is 1. The molecule has 1 N–H and O–H groups in total. The van der Waals surface area contributed by atoms with Gasteiger partial charge in [-0.25, -0.2) is 0 Å². The second-order valence-electron chi connectivity index (χ2n) is 3.78. The van der Waals surface area contributed by atoms with E-state index in [4.69, 9.17) is 14.7 Å². The Morgan fingerprint density at radius 2 is 2.06 bits per heavy atom. The van der Waals surface area contributed by atoms with Crippen molar-refractivity contribution in [2.45, 2.75) is 19.4 Å². The summed E-state index contributed by atoms with van der Waals surface area (Å²) in [6.07, 6.45) is 0.427. The van der Waals surface area contributed by atoms with E-state index in [-0.39, 0.29) is 5.91 Å². The highest BCUT2D eigenvalue weighted by atomic mass is 16.5. The molecule has 0 aliphatic heterocycles. The molecule has 0 aliphatic rings. The minimum atomic E-state index is -0.541. The van der Waals surface area contributed by atoms with Crippen molar-refractivity contribution in [1.82, 2.24) is 5.32 Å². The molecule has 96 valence electrons. The average Bonchev–Trinajstić information content (AvgIpc) is 2.37. The lowest BCUT2D eigenvalue weighted by molar-refractivity contribution is -0.119. The van der Waals surface area contributed by atoms with Crippen LogP contribution in [0.3, 0.4) is 0 Å². The predicted molar refractivity (Wildman–Crippen MR) is 66.5 cm³/mol. The van der Waals surface area contributed by atoms with Crippen LogP contribution in [-0.2, 0) is 11.2 Å². The van der Waals surface area contributed by atoms with E-state index in [1.807, 2.05) is 12.1 Å². The fourth-order valence-corrected chi connectivity index (χ4v) is 1.62. The summed E-state index contributed by atoms with van der Waals surface area (Å²) in [5.41, 5.74) is 0.896. The van der Waals surface area contributed by atoms with Crippen LogP contribution >= 0.6 is 0 Å². The molecule has 0 radical (unpaired) electrons. The third-order valence-electron chi connectivity index (χ3n) is 2.42. The Bertz CT molecular complexity index is 466. The molecule has 1 unspecified atom stereocenters. The normalized spacial score (nSPS) is 11.2. The van der Waals surface area contributed by atoms with Crippen LogP contribution in [0.5, 0.6) is 11.5 Å². The molecule has 0 aromatic heterocycles. The van der Waals surface area contributed by atoms with Crippen molar-refractivity contribution < 1.29 is 14.3 Å². The van der Waals surface area contributed by atoms with E-state index in [0.717, 1.165) is 5.56 Å². The average molecular weight is 248 g/mol. The van der Waals surface area contributed by atoms with Gasteiger partial charge in [0.1, 0.15) is 6.04 Å². The molecule has 0 aliphatic carbocycles. The van der Waals surface area contributed by atoms with Crippen molar-refractivity contribution in [2.75, 3.05) is 14.2 Å². The van der Waals surface area contributed by atoms with Gasteiger partial charge in [-0.15, -0.1) is 0 Å². The number of hydrogen-bond donors (Lipinski definition) is 1. The smallest absolute Gasteiger partial charge is 0.217 e. The van der Waals surface area contributed by atoms with Gasteiger partial charge in [0.2, 0.25) is 5.91 Å². The van der Waals surface area contributed by atoms with Gasteiger partial charge < -0.3 is 14.8 Å². The van der Waals surface area contributed by atoms with Gasteiger partial charge in [-0.05, 0) is 17.7 Å². The summed E-state index contributed by atoms with van der Waals surface area (Å²) in [6, 6.07) is 6.91.